The number of carbonyl (C=O) groups is 2. The minimum absolute atomic E-state index is 0.108. The van der Waals surface area contributed by atoms with Crippen molar-refractivity contribution >= 4 is 17.8 Å². The highest BCUT2D eigenvalue weighted by atomic mass is 16.5. The molecule has 3 N–H and O–H groups in total. The Morgan fingerprint density at radius 3 is 2.58 bits per heavy atom. The van der Waals surface area contributed by atoms with Crippen LogP contribution in [0.5, 0.6) is 5.75 Å². The second-order valence-corrected chi connectivity index (χ2v) is 7.09. The number of hydrogen-bond donors (Lipinski definition) is 3. The van der Waals surface area contributed by atoms with E-state index >= 15 is 0 Å². The summed E-state index contributed by atoms with van der Waals surface area (Å²) in [5, 5.41) is 9.29. The van der Waals surface area contributed by atoms with E-state index in [4.69, 9.17) is 4.74 Å². The summed E-state index contributed by atoms with van der Waals surface area (Å²) >= 11 is 0. The topological polar surface area (TPSA) is 95.1 Å². The molecule has 0 bridgehead atoms. The monoisotopic (exact) mass is 423 g/mol. The first-order valence-electron chi connectivity index (χ1n) is 10.4. The third-order valence-corrected chi connectivity index (χ3v) is 4.93. The lowest BCUT2D eigenvalue weighted by Crippen LogP contribution is -2.49. The van der Waals surface area contributed by atoms with Gasteiger partial charge in [-0.1, -0.05) is 30.3 Å². The smallest absolute Gasteiger partial charge is 0.254 e. The van der Waals surface area contributed by atoms with E-state index in [1.165, 1.54) is 0 Å². The molecule has 1 saturated heterocycles. The molecule has 1 aliphatic rings. The van der Waals surface area contributed by atoms with Crippen molar-refractivity contribution in [1.82, 2.24) is 20.9 Å². The first kappa shape index (κ1) is 22.1. The van der Waals surface area contributed by atoms with Crippen LogP contribution < -0.4 is 20.7 Å². The average molecular weight is 424 g/mol. The SMILES string of the molecule is CCOc1ccccc1CNC(=NC)NCc1ccc(C(=O)N2CCNC(=O)C2)cc1. The second kappa shape index (κ2) is 11.0. The Morgan fingerprint density at radius 2 is 1.87 bits per heavy atom. The number of ether oxygens (including phenoxy) is 1. The van der Waals surface area contributed by atoms with Crippen LogP contribution in [0.15, 0.2) is 53.5 Å². The highest BCUT2D eigenvalue weighted by Crippen LogP contribution is 2.17. The van der Waals surface area contributed by atoms with Crippen molar-refractivity contribution in [2.24, 2.45) is 4.99 Å². The van der Waals surface area contributed by atoms with E-state index in [0.29, 0.717) is 44.3 Å². The van der Waals surface area contributed by atoms with Gasteiger partial charge in [0, 0.05) is 44.4 Å². The molecular weight excluding hydrogens is 394 g/mol. The van der Waals surface area contributed by atoms with Crippen molar-refractivity contribution in [2.75, 3.05) is 33.3 Å². The molecule has 8 heteroatoms. The number of para-hydroxylation sites is 1. The van der Waals surface area contributed by atoms with E-state index in [-0.39, 0.29) is 18.4 Å². The van der Waals surface area contributed by atoms with Gasteiger partial charge >= 0.3 is 0 Å². The minimum atomic E-state index is -0.125. The number of piperazine rings is 1. The van der Waals surface area contributed by atoms with Gasteiger partial charge < -0.3 is 25.6 Å². The first-order valence-corrected chi connectivity index (χ1v) is 10.4. The van der Waals surface area contributed by atoms with Crippen molar-refractivity contribution < 1.29 is 14.3 Å². The van der Waals surface area contributed by atoms with Crippen LogP contribution in [0.2, 0.25) is 0 Å². The van der Waals surface area contributed by atoms with Crippen LogP contribution in [-0.4, -0.2) is 56.0 Å². The third kappa shape index (κ3) is 6.21. The van der Waals surface area contributed by atoms with Gasteiger partial charge in [-0.15, -0.1) is 0 Å². The molecule has 2 aromatic rings. The molecule has 3 rings (SSSR count). The van der Waals surface area contributed by atoms with Crippen LogP contribution in [0, 0.1) is 0 Å². The van der Waals surface area contributed by atoms with Crippen molar-refractivity contribution in [1.29, 1.82) is 0 Å². The fourth-order valence-corrected chi connectivity index (χ4v) is 3.29. The van der Waals surface area contributed by atoms with Crippen LogP contribution in [-0.2, 0) is 17.9 Å². The third-order valence-electron chi connectivity index (χ3n) is 4.93. The lowest BCUT2D eigenvalue weighted by Gasteiger charge is -2.26. The molecule has 1 heterocycles. The maximum absolute atomic E-state index is 12.6. The number of aliphatic imine (C=N–C) groups is 1. The Labute approximate surface area is 182 Å². The van der Waals surface area contributed by atoms with E-state index < -0.39 is 0 Å². The predicted molar refractivity (Wildman–Crippen MR) is 120 cm³/mol. The normalized spacial score (nSPS) is 14.1. The number of guanidine groups is 1. The molecule has 8 nitrogen and oxygen atoms in total. The number of rotatable bonds is 7. The van der Waals surface area contributed by atoms with E-state index in [0.717, 1.165) is 16.9 Å². The number of nitrogens with one attached hydrogen (secondary N) is 3. The molecule has 0 spiro atoms. The van der Waals surface area contributed by atoms with Gasteiger partial charge in [0.15, 0.2) is 5.96 Å². The summed E-state index contributed by atoms with van der Waals surface area (Å²) in [6.45, 7) is 4.87. The molecule has 1 aliphatic heterocycles. The Morgan fingerprint density at radius 1 is 1.13 bits per heavy atom. The molecule has 1 fully saturated rings. The predicted octanol–water partition coefficient (Wildman–Crippen LogP) is 1.52. The molecule has 0 radical (unpaired) electrons. The number of benzene rings is 2. The number of hydrogen-bond acceptors (Lipinski definition) is 4. The van der Waals surface area contributed by atoms with E-state index in [1.807, 2.05) is 43.3 Å². The summed E-state index contributed by atoms with van der Waals surface area (Å²) in [5.74, 6) is 1.29. The van der Waals surface area contributed by atoms with Crippen LogP contribution in [0.1, 0.15) is 28.4 Å². The zero-order chi connectivity index (χ0) is 22.1. The standard InChI is InChI=1S/C23H29N5O3/c1-3-31-20-7-5-4-6-19(20)15-27-23(24-2)26-14-17-8-10-18(11-9-17)22(30)28-13-12-25-21(29)16-28/h4-11H,3,12-16H2,1-2H3,(H,25,29)(H2,24,26,27). The molecule has 0 atom stereocenters. The van der Waals surface area contributed by atoms with Gasteiger partial charge in [0.25, 0.3) is 5.91 Å². The maximum Gasteiger partial charge on any atom is 0.254 e. The fourth-order valence-electron chi connectivity index (χ4n) is 3.29. The molecule has 2 aromatic carbocycles. The van der Waals surface area contributed by atoms with E-state index in [9.17, 15) is 9.59 Å². The molecule has 0 unspecified atom stereocenters. The Bertz CT molecular complexity index is 927. The Kier molecular flexibility index (Phi) is 7.86. The molecule has 31 heavy (non-hydrogen) atoms. The zero-order valence-electron chi connectivity index (χ0n) is 18.0. The summed E-state index contributed by atoms with van der Waals surface area (Å²) in [7, 11) is 1.72. The first-order chi connectivity index (χ1) is 15.1. The van der Waals surface area contributed by atoms with Crippen molar-refractivity contribution in [3.8, 4) is 5.75 Å². The van der Waals surface area contributed by atoms with E-state index in [2.05, 4.69) is 20.9 Å². The van der Waals surface area contributed by atoms with Crippen LogP contribution in [0.25, 0.3) is 0 Å². The fraction of sp³-hybridized carbons (Fsp3) is 0.348. The van der Waals surface area contributed by atoms with Crippen molar-refractivity contribution in [3.05, 3.63) is 65.2 Å². The van der Waals surface area contributed by atoms with Crippen molar-refractivity contribution in [3.63, 3.8) is 0 Å². The number of amides is 2. The number of nitrogens with zero attached hydrogens (tertiary/aromatic N) is 2. The minimum Gasteiger partial charge on any atom is -0.494 e. The summed E-state index contributed by atoms with van der Waals surface area (Å²) in [4.78, 5) is 29.9. The highest BCUT2D eigenvalue weighted by molar-refractivity contribution is 5.97. The largest absolute Gasteiger partial charge is 0.494 e. The lowest BCUT2D eigenvalue weighted by atomic mass is 10.1. The lowest BCUT2D eigenvalue weighted by molar-refractivity contribution is -0.123. The van der Waals surface area contributed by atoms with Gasteiger partial charge in [-0.05, 0) is 30.7 Å². The average Bonchev–Trinajstić information content (AvgIpc) is 2.80. The van der Waals surface area contributed by atoms with E-state index in [1.54, 1.807) is 24.1 Å². The molecule has 0 aliphatic carbocycles. The zero-order valence-corrected chi connectivity index (χ0v) is 18.0. The van der Waals surface area contributed by atoms with Crippen LogP contribution >= 0.6 is 0 Å². The van der Waals surface area contributed by atoms with Crippen molar-refractivity contribution in [2.45, 2.75) is 20.0 Å². The quantitative estimate of drug-likeness (QED) is 0.464. The van der Waals surface area contributed by atoms with Gasteiger partial charge in [-0.2, -0.15) is 0 Å². The summed E-state index contributed by atoms with van der Waals surface area (Å²) < 4.78 is 5.66. The van der Waals surface area contributed by atoms with Gasteiger partial charge in [-0.3, -0.25) is 14.6 Å². The van der Waals surface area contributed by atoms with Crippen LogP contribution in [0.4, 0.5) is 0 Å². The second-order valence-electron chi connectivity index (χ2n) is 7.09. The Balaban J connectivity index is 1.52. The summed E-state index contributed by atoms with van der Waals surface area (Å²) in [5.41, 5.74) is 2.65. The highest BCUT2D eigenvalue weighted by Gasteiger charge is 2.22. The Hall–Kier alpha value is -3.55. The summed E-state index contributed by atoms with van der Waals surface area (Å²) in [6.07, 6.45) is 0. The van der Waals surface area contributed by atoms with Gasteiger partial charge in [-0.25, -0.2) is 0 Å². The maximum atomic E-state index is 12.6. The molecule has 164 valence electrons. The molecule has 0 saturated carbocycles. The van der Waals surface area contributed by atoms with Gasteiger partial charge in [0.2, 0.25) is 5.91 Å². The van der Waals surface area contributed by atoms with Gasteiger partial charge in [0.05, 0.1) is 13.2 Å². The molecule has 0 aromatic heterocycles. The molecular formula is C23H29N5O3. The molecule has 2 amide bonds. The summed E-state index contributed by atoms with van der Waals surface area (Å²) in [6, 6.07) is 15.3. The van der Waals surface area contributed by atoms with Crippen LogP contribution in [0.3, 0.4) is 0 Å². The number of carbonyl (C=O) groups excluding carboxylic acids is 2. The van der Waals surface area contributed by atoms with Gasteiger partial charge in [0.1, 0.15) is 5.75 Å².